The highest BCUT2D eigenvalue weighted by Gasteiger charge is 2.35. The van der Waals surface area contributed by atoms with Gasteiger partial charge in [-0.15, -0.1) is 0 Å². The first-order valence-corrected chi connectivity index (χ1v) is 7.29. The molecule has 0 fully saturated rings. The molecule has 0 bridgehead atoms. The van der Waals surface area contributed by atoms with Crippen molar-refractivity contribution in [2.75, 3.05) is 6.54 Å². The van der Waals surface area contributed by atoms with Gasteiger partial charge in [-0.25, -0.2) is 4.98 Å². The first-order chi connectivity index (χ1) is 10.9. The fourth-order valence-electron chi connectivity index (χ4n) is 2.67. The maximum Gasteiger partial charge on any atom is 0.434 e. The third-order valence-corrected chi connectivity index (χ3v) is 3.83. The number of alkyl halides is 3. The zero-order valence-electron chi connectivity index (χ0n) is 12.3. The molecule has 3 heterocycles. The summed E-state index contributed by atoms with van der Waals surface area (Å²) in [5, 5.41) is 6.75. The van der Waals surface area contributed by atoms with Crippen LogP contribution in [0.1, 0.15) is 17.9 Å². The SMILES string of the molecule is O=C(Cn1cccn1)NCC1CCc2nc(C(F)(F)F)cn2C1. The van der Waals surface area contributed by atoms with Crippen LogP contribution in [0.3, 0.4) is 0 Å². The summed E-state index contributed by atoms with van der Waals surface area (Å²) in [6, 6.07) is 1.73. The van der Waals surface area contributed by atoms with Crippen molar-refractivity contribution in [3.8, 4) is 0 Å². The van der Waals surface area contributed by atoms with E-state index in [0.717, 1.165) is 6.20 Å². The summed E-state index contributed by atoms with van der Waals surface area (Å²) in [7, 11) is 0. The molecule has 124 valence electrons. The van der Waals surface area contributed by atoms with E-state index in [2.05, 4.69) is 15.4 Å². The minimum absolute atomic E-state index is 0.0966. The van der Waals surface area contributed by atoms with E-state index in [1.54, 1.807) is 18.5 Å². The molecule has 0 saturated heterocycles. The number of halogens is 3. The fraction of sp³-hybridized carbons (Fsp3) is 0.500. The number of carbonyl (C=O) groups excluding carboxylic acids is 1. The van der Waals surface area contributed by atoms with Gasteiger partial charge in [0.25, 0.3) is 0 Å². The van der Waals surface area contributed by atoms with Gasteiger partial charge in [0.15, 0.2) is 5.69 Å². The Balaban J connectivity index is 1.53. The van der Waals surface area contributed by atoms with Crippen LogP contribution in [-0.4, -0.2) is 31.8 Å². The normalized spacial score (nSPS) is 17.8. The first-order valence-electron chi connectivity index (χ1n) is 7.29. The molecule has 1 unspecified atom stereocenters. The number of nitrogens with one attached hydrogen (secondary N) is 1. The van der Waals surface area contributed by atoms with Gasteiger partial charge in [-0.2, -0.15) is 18.3 Å². The van der Waals surface area contributed by atoms with Crippen LogP contribution in [0.4, 0.5) is 13.2 Å². The molecule has 3 rings (SSSR count). The third kappa shape index (κ3) is 3.72. The van der Waals surface area contributed by atoms with Gasteiger partial charge in [-0.3, -0.25) is 9.48 Å². The molecule has 1 atom stereocenters. The smallest absolute Gasteiger partial charge is 0.354 e. The Labute approximate surface area is 130 Å². The van der Waals surface area contributed by atoms with E-state index in [1.807, 2.05) is 0 Å². The highest BCUT2D eigenvalue weighted by Crippen LogP contribution is 2.30. The Morgan fingerprint density at radius 3 is 2.96 bits per heavy atom. The molecule has 0 aromatic carbocycles. The Bertz CT molecular complexity index is 677. The number of carbonyl (C=O) groups is 1. The van der Waals surface area contributed by atoms with Crippen LogP contribution in [0, 0.1) is 5.92 Å². The van der Waals surface area contributed by atoms with Crippen LogP contribution in [0.5, 0.6) is 0 Å². The van der Waals surface area contributed by atoms with E-state index >= 15 is 0 Å². The molecule has 2 aromatic heterocycles. The minimum Gasteiger partial charge on any atom is -0.354 e. The molecule has 1 N–H and O–H groups in total. The number of imidazole rings is 1. The molecule has 2 aromatic rings. The molecule has 6 nitrogen and oxygen atoms in total. The number of fused-ring (bicyclic) bond motifs is 1. The quantitative estimate of drug-likeness (QED) is 0.925. The lowest BCUT2D eigenvalue weighted by molar-refractivity contribution is -0.141. The Morgan fingerprint density at radius 2 is 2.26 bits per heavy atom. The lowest BCUT2D eigenvalue weighted by Gasteiger charge is -2.23. The standard InChI is InChI=1S/C14H16F3N5O/c15-14(16,17)11-8-21-7-10(2-3-12(21)20-11)6-18-13(23)9-22-5-1-4-19-22/h1,4-5,8,10H,2-3,6-7,9H2,(H,18,23). The average molecular weight is 327 g/mol. The summed E-state index contributed by atoms with van der Waals surface area (Å²) in [6.07, 6.45) is 1.10. The predicted octanol–water partition coefficient (Wildman–Crippen LogP) is 1.48. The Morgan fingerprint density at radius 1 is 1.43 bits per heavy atom. The second-order valence-electron chi connectivity index (χ2n) is 5.60. The molecule has 9 heteroatoms. The number of hydrogen-bond acceptors (Lipinski definition) is 3. The van der Waals surface area contributed by atoms with Gasteiger partial charge in [-0.1, -0.05) is 0 Å². The zero-order chi connectivity index (χ0) is 16.4. The van der Waals surface area contributed by atoms with Gasteiger partial charge in [-0.05, 0) is 18.4 Å². The molecule has 0 saturated carbocycles. The molecule has 0 aliphatic carbocycles. The highest BCUT2D eigenvalue weighted by molar-refractivity contribution is 5.75. The number of amides is 1. The van der Waals surface area contributed by atoms with Gasteiger partial charge in [0, 0.05) is 38.1 Å². The second kappa shape index (κ2) is 6.05. The van der Waals surface area contributed by atoms with Crippen molar-refractivity contribution >= 4 is 5.91 Å². The van der Waals surface area contributed by atoms with Crippen LogP contribution in [0.2, 0.25) is 0 Å². The topological polar surface area (TPSA) is 64.7 Å². The Kier molecular flexibility index (Phi) is 4.10. The van der Waals surface area contributed by atoms with Crippen LogP contribution in [0.25, 0.3) is 0 Å². The van der Waals surface area contributed by atoms with Crippen molar-refractivity contribution < 1.29 is 18.0 Å². The van der Waals surface area contributed by atoms with Gasteiger partial charge in [0.2, 0.25) is 5.91 Å². The monoisotopic (exact) mass is 327 g/mol. The summed E-state index contributed by atoms with van der Waals surface area (Å²) in [5.74, 6) is 0.386. The van der Waals surface area contributed by atoms with E-state index in [-0.39, 0.29) is 18.4 Å². The summed E-state index contributed by atoms with van der Waals surface area (Å²) in [5.41, 5.74) is -0.851. The van der Waals surface area contributed by atoms with E-state index in [9.17, 15) is 18.0 Å². The first kappa shape index (κ1) is 15.6. The number of aromatic nitrogens is 4. The van der Waals surface area contributed by atoms with Crippen molar-refractivity contribution in [2.45, 2.75) is 32.1 Å². The number of nitrogens with zero attached hydrogens (tertiary/aromatic N) is 4. The number of aryl methyl sites for hydroxylation is 1. The van der Waals surface area contributed by atoms with E-state index in [0.29, 0.717) is 31.8 Å². The Hall–Kier alpha value is -2.32. The molecular weight excluding hydrogens is 311 g/mol. The maximum absolute atomic E-state index is 12.7. The lowest BCUT2D eigenvalue weighted by atomic mass is 9.99. The summed E-state index contributed by atoms with van der Waals surface area (Å²) >= 11 is 0. The van der Waals surface area contributed by atoms with Gasteiger partial charge >= 0.3 is 6.18 Å². The molecular formula is C14H16F3N5O. The van der Waals surface area contributed by atoms with Crippen molar-refractivity contribution in [3.05, 3.63) is 36.2 Å². The average Bonchev–Trinajstić information content (AvgIpc) is 3.12. The number of rotatable bonds is 4. The van der Waals surface area contributed by atoms with Gasteiger partial charge < -0.3 is 9.88 Å². The van der Waals surface area contributed by atoms with Crippen molar-refractivity contribution in [2.24, 2.45) is 5.92 Å². The van der Waals surface area contributed by atoms with Crippen LogP contribution in [0.15, 0.2) is 24.7 Å². The second-order valence-corrected chi connectivity index (χ2v) is 5.60. The summed E-state index contributed by atoms with van der Waals surface area (Å²) < 4.78 is 41.0. The van der Waals surface area contributed by atoms with E-state index in [4.69, 9.17) is 0 Å². The molecule has 0 spiro atoms. The number of hydrogen-bond donors (Lipinski definition) is 1. The van der Waals surface area contributed by atoms with E-state index in [1.165, 1.54) is 9.25 Å². The molecule has 23 heavy (non-hydrogen) atoms. The van der Waals surface area contributed by atoms with Crippen molar-refractivity contribution in [1.29, 1.82) is 0 Å². The molecule has 0 radical (unpaired) electrons. The minimum atomic E-state index is -4.42. The van der Waals surface area contributed by atoms with Crippen molar-refractivity contribution in [1.82, 2.24) is 24.6 Å². The lowest BCUT2D eigenvalue weighted by Crippen LogP contribution is -2.35. The fourth-order valence-corrected chi connectivity index (χ4v) is 2.67. The predicted molar refractivity (Wildman–Crippen MR) is 74.3 cm³/mol. The highest BCUT2D eigenvalue weighted by atomic mass is 19.4. The largest absolute Gasteiger partial charge is 0.434 e. The van der Waals surface area contributed by atoms with Crippen LogP contribution < -0.4 is 5.32 Å². The summed E-state index contributed by atoms with van der Waals surface area (Å²) in [6.45, 7) is 0.994. The molecule has 1 aliphatic rings. The van der Waals surface area contributed by atoms with Crippen molar-refractivity contribution in [3.63, 3.8) is 0 Å². The van der Waals surface area contributed by atoms with Crippen LogP contribution >= 0.6 is 0 Å². The van der Waals surface area contributed by atoms with E-state index < -0.39 is 11.9 Å². The van der Waals surface area contributed by atoms with Gasteiger partial charge in [0.05, 0.1) is 0 Å². The third-order valence-electron chi connectivity index (χ3n) is 3.83. The maximum atomic E-state index is 12.7. The van der Waals surface area contributed by atoms with Crippen LogP contribution in [-0.2, 0) is 30.5 Å². The zero-order valence-corrected chi connectivity index (χ0v) is 12.3. The summed E-state index contributed by atoms with van der Waals surface area (Å²) in [4.78, 5) is 15.4. The molecule has 1 aliphatic heterocycles. The molecule has 1 amide bonds. The van der Waals surface area contributed by atoms with Gasteiger partial charge in [0.1, 0.15) is 12.4 Å².